The number of halogens is 1. The summed E-state index contributed by atoms with van der Waals surface area (Å²) in [5.74, 6) is 0. The van der Waals surface area contributed by atoms with Crippen molar-refractivity contribution in [1.82, 2.24) is 9.55 Å². The summed E-state index contributed by atoms with van der Waals surface area (Å²) in [4.78, 5) is 14.7. The lowest BCUT2D eigenvalue weighted by Crippen LogP contribution is -2.20. The Morgan fingerprint density at radius 3 is 1.47 bits per heavy atom. The standard InChI is InChI=1S/C46H33BrN4/c47-27-28-51-30-35-29-42(51)46(34-19-11-4-12-20-34)41-26-25-40(50-41)45(33-17-9-3-10-18-33)39-24-23-38(49-39)44(32-15-7-2-8-16-32)37-22-21-36(48-37)43(35)31-13-5-1-6-14-31/h1-26,29-30,50H,27-28H2. The monoisotopic (exact) mass is 720 g/mol. The third-order valence-corrected chi connectivity index (χ3v) is 9.90. The number of hydrogen-bond acceptors (Lipinski definition) is 2. The molecule has 3 aliphatic heterocycles. The van der Waals surface area contributed by atoms with E-state index in [1.54, 1.807) is 0 Å². The van der Waals surface area contributed by atoms with Gasteiger partial charge in [-0.2, -0.15) is 0 Å². The Bertz CT molecular complexity index is 2600. The first kappa shape index (κ1) is 31.0. The fourth-order valence-corrected chi connectivity index (χ4v) is 7.67. The number of aromatic nitrogens is 2. The van der Waals surface area contributed by atoms with Crippen molar-refractivity contribution in [2.75, 3.05) is 5.33 Å². The van der Waals surface area contributed by atoms with E-state index in [2.05, 4.69) is 196 Å². The van der Waals surface area contributed by atoms with Gasteiger partial charge in [-0.15, -0.1) is 0 Å². The summed E-state index contributed by atoms with van der Waals surface area (Å²) in [5, 5.41) is 2.86. The van der Waals surface area contributed by atoms with Crippen LogP contribution in [0.3, 0.4) is 0 Å². The molecule has 3 aliphatic rings. The highest BCUT2D eigenvalue weighted by molar-refractivity contribution is 9.09. The number of alkyl halides is 1. The van der Waals surface area contributed by atoms with Gasteiger partial charge in [0.2, 0.25) is 0 Å². The molecular weight excluding hydrogens is 688 g/mol. The zero-order chi connectivity index (χ0) is 34.1. The van der Waals surface area contributed by atoms with Crippen LogP contribution in [0.5, 0.6) is 0 Å². The summed E-state index contributed by atoms with van der Waals surface area (Å²) < 4.78 is 2.37. The SMILES string of the molecule is BrCCn1cc2cc1C(c1ccccc1)=c1ccc([nH]1)=C(c1ccccc1)C1=NC(=C(c3ccccc3)C3=NC(=C2c2ccccc2)C=C3)C=C1. The number of H-pyrrole nitrogens is 1. The van der Waals surface area contributed by atoms with Crippen LogP contribution in [0, 0.1) is 0 Å². The van der Waals surface area contributed by atoms with Crippen molar-refractivity contribution in [3.05, 3.63) is 226 Å². The van der Waals surface area contributed by atoms with Crippen LogP contribution < -0.4 is 10.7 Å². The molecule has 0 atom stereocenters. The maximum absolute atomic E-state index is 5.41. The third-order valence-electron chi connectivity index (χ3n) is 9.55. The van der Waals surface area contributed by atoms with E-state index in [0.29, 0.717) is 0 Å². The maximum atomic E-state index is 5.41. The van der Waals surface area contributed by atoms with Gasteiger partial charge in [0.05, 0.1) is 28.5 Å². The minimum Gasteiger partial charge on any atom is -0.354 e. The molecule has 5 heteroatoms. The zero-order valence-corrected chi connectivity index (χ0v) is 29.4. The Balaban J connectivity index is 1.44. The summed E-state index contributed by atoms with van der Waals surface area (Å²) in [6.45, 7) is 0.800. The molecule has 51 heavy (non-hydrogen) atoms. The first-order valence-corrected chi connectivity index (χ1v) is 18.3. The number of hydrogen-bond donors (Lipinski definition) is 1. The second kappa shape index (κ2) is 13.3. The van der Waals surface area contributed by atoms with Gasteiger partial charge in [0, 0.05) is 56.6 Å². The molecule has 0 saturated heterocycles. The molecule has 0 spiro atoms. The summed E-state index contributed by atoms with van der Waals surface area (Å²) in [6.07, 6.45) is 10.9. The first-order chi connectivity index (χ1) is 25.2. The number of allylic oxidation sites excluding steroid dienone is 5. The lowest BCUT2D eigenvalue weighted by atomic mass is 9.96. The Labute approximate surface area is 305 Å². The molecule has 0 fully saturated rings. The highest BCUT2D eigenvalue weighted by Gasteiger charge is 2.24. The summed E-state index contributed by atoms with van der Waals surface area (Å²) in [7, 11) is 0. The van der Waals surface area contributed by atoms with Crippen LogP contribution in [0.15, 0.2) is 191 Å². The number of rotatable bonds is 6. The quantitative estimate of drug-likeness (QED) is 0.167. The van der Waals surface area contributed by atoms with Crippen LogP contribution >= 0.6 is 15.9 Å². The third kappa shape index (κ3) is 5.76. The van der Waals surface area contributed by atoms with Crippen molar-refractivity contribution < 1.29 is 0 Å². The van der Waals surface area contributed by atoms with Gasteiger partial charge < -0.3 is 9.55 Å². The lowest BCUT2D eigenvalue weighted by molar-refractivity contribution is 0.770. The normalized spacial score (nSPS) is 15.2. The van der Waals surface area contributed by atoms with E-state index in [1.807, 2.05) is 0 Å². The van der Waals surface area contributed by atoms with E-state index in [0.717, 1.165) is 101 Å². The molecule has 0 aliphatic carbocycles. The molecule has 9 rings (SSSR count). The van der Waals surface area contributed by atoms with Crippen LogP contribution in [-0.4, -0.2) is 26.3 Å². The molecule has 0 amide bonds. The number of nitrogens with zero attached hydrogens (tertiary/aromatic N) is 3. The average Bonchev–Trinajstić information content (AvgIpc) is 4.01. The van der Waals surface area contributed by atoms with E-state index in [-0.39, 0.29) is 0 Å². The molecule has 2 aromatic heterocycles. The Morgan fingerprint density at radius 1 is 0.471 bits per heavy atom. The molecule has 6 aromatic rings. The minimum absolute atomic E-state index is 0.800. The molecule has 4 nitrogen and oxygen atoms in total. The van der Waals surface area contributed by atoms with Gasteiger partial charge in [-0.3, -0.25) is 0 Å². The van der Waals surface area contributed by atoms with Crippen LogP contribution in [0.25, 0.3) is 22.3 Å². The predicted octanol–water partition coefficient (Wildman–Crippen LogP) is 8.86. The largest absolute Gasteiger partial charge is 0.354 e. The number of aryl methyl sites for hydroxylation is 1. The van der Waals surface area contributed by atoms with Gasteiger partial charge in [-0.1, -0.05) is 137 Å². The van der Waals surface area contributed by atoms with Gasteiger partial charge in [-0.25, -0.2) is 9.98 Å². The average molecular weight is 722 g/mol. The molecular formula is C46H33BrN4. The summed E-state index contributed by atoms with van der Waals surface area (Å²) in [5.41, 5.74) is 14.5. The van der Waals surface area contributed by atoms with E-state index in [4.69, 9.17) is 9.98 Å². The highest BCUT2D eigenvalue weighted by atomic mass is 79.9. The fourth-order valence-electron chi connectivity index (χ4n) is 7.29. The van der Waals surface area contributed by atoms with E-state index < -0.39 is 0 Å². The topological polar surface area (TPSA) is 45.4 Å². The zero-order valence-electron chi connectivity index (χ0n) is 27.8. The van der Waals surface area contributed by atoms with Crippen molar-refractivity contribution in [2.45, 2.75) is 6.54 Å². The van der Waals surface area contributed by atoms with Crippen LogP contribution in [0.1, 0.15) is 33.5 Å². The van der Waals surface area contributed by atoms with Gasteiger partial charge in [-0.05, 0) is 64.8 Å². The van der Waals surface area contributed by atoms with Crippen molar-refractivity contribution in [3.63, 3.8) is 0 Å². The molecule has 244 valence electrons. The van der Waals surface area contributed by atoms with Crippen LogP contribution in [0.4, 0.5) is 0 Å². The Kier molecular flexibility index (Phi) is 8.11. The van der Waals surface area contributed by atoms with Crippen molar-refractivity contribution >= 4 is 49.6 Å². The molecule has 1 N–H and O–H groups in total. The Hall–Kier alpha value is -6.04. The molecule has 8 bridgehead atoms. The van der Waals surface area contributed by atoms with Gasteiger partial charge in [0.25, 0.3) is 0 Å². The van der Waals surface area contributed by atoms with Gasteiger partial charge >= 0.3 is 0 Å². The first-order valence-electron chi connectivity index (χ1n) is 17.2. The van der Waals surface area contributed by atoms with E-state index in [1.165, 1.54) is 0 Å². The molecule has 5 heterocycles. The second-order valence-corrected chi connectivity index (χ2v) is 13.5. The number of fused-ring (bicyclic) bond motifs is 6. The number of aromatic amines is 1. The maximum Gasteiger partial charge on any atom is 0.0738 e. The fraction of sp³-hybridized carbons (Fsp3) is 0.0435. The van der Waals surface area contributed by atoms with Crippen molar-refractivity contribution in [3.8, 4) is 0 Å². The van der Waals surface area contributed by atoms with Gasteiger partial charge in [0.15, 0.2) is 0 Å². The predicted molar refractivity (Wildman–Crippen MR) is 214 cm³/mol. The smallest absolute Gasteiger partial charge is 0.0738 e. The summed E-state index contributed by atoms with van der Waals surface area (Å²) in [6, 6.07) is 49.1. The molecule has 0 radical (unpaired) electrons. The second-order valence-electron chi connectivity index (χ2n) is 12.7. The highest BCUT2D eigenvalue weighted by Crippen LogP contribution is 2.37. The van der Waals surface area contributed by atoms with Crippen molar-refractivity contribution in [2.24, 2.45) is 9.98 Å². The van der Waals surface area contributed by atoms with E-state index >= 15 is 0 Å². The molecule has 4 aromatic carbocycles. The van der Waals surface area contributed by atoms with Crippen LogP contribution in [-0.2, 0) is 6.54 Å². The summed E-state index contributed by atoms with van der Waals surface area (Å²) >= 11 is 3.76. The minimum atomic E-state index is 0.800. The van der Waals surface area contributed by atoms with Crippen LogP contribution in [0.2, 0.25) is 0 Å². The lowest BCUT2D eigenvalue weighted by Gasteiger charge is -2.12. The number of aliphatic imine (C=N–C) groups is 2. The number of benzene rings is 4. The van der Waals surface area contributed by atoms with Crippen molar-refractivity contribution in [1.29, 1.82) is 0 Å². The molecule has 0 saturated carbocycles. The van der Waals surface area contributed by atoms with Gasteiger partial charge in [0.1, 0.15) is 0 Å². The number of nitrogens with one attached hydrogen (secondary N) is 1. The van der Waals surface area contributed by atoms with E-state index in [9.17, 15) is 0 Å². The molecule has 0 unspecified atom stereocenters. The Morgan fingerprint density at radius 2 is 0.922 bits per heavy atom.